The third-order valence-electron chi connectivity index (χ3n) is 4.83. The van der Waals surface area contributed by atoms with Gasteiger partial charge in [0.05, 0.1) is 14.2 Å². The molecule has 2 aromatic carbocycles. The fourth-order valence-corrected chi connectivity index (χ4v) is 3.25. The van der Waals surface area contributed by atoms with Gasteiger partial charge in [0.15, 0.2) is 17.5 Å². The van der Waals surface area contributed by atoms with Gasteiger partial charge in [0, 0.05) is 25.6 Å². The molecule has 1 aliphatic carbocycles. The van der Waals surface area contributed by atoms with Crippen molar-refractivity contribution in [2.45, 2.75) is 31.8 Å². The molecule has 0 aromatic heterocycles. The number of hydrogen-bond donors (Lipinski definition) is 2. The van der Waals surface area contributed by atoms with Crippen molar-refractivity contribution in [3.8, 4) is 11.5 Å². The lowest BCUT2D eigenvalue weighted by molar-refractivity contribution is 0.354. The lowest BCUT2D eigenvalue weighted by Gasteiger charge is -2.14. The Hall–Kier alpha value is -2.69. The van der Waals surface area contributed by atoms with Crippen molar-refractivity contribution in [2.24, 2.45) is 4.99 Å². The van der Waals surface area contributed by atoms with Gasteiger partial charge in [0.25, 0.3) is 0 Å². The van der Waals surface area contributed by atoms with Crippen molar-refractivity contribution < 1.29 is 9.47 Å². The lowest BCUT2D eigenvalue weighted by Crippen LogP contribution is -2.38. The largest absolute Gasteiger partial charge is 0.493 e. The van der Waals surface area contributed by atoms with E-state index < -0.39 is 0 Å². The van der Waals surface area contributed by atoms with Gasteiger partial charge in [-0.3, -0.25) is 4.99 Å². The van der Waals surface area contributed by atoms with Gasteiger partial charge in [-0.25, -0.2) is 0 Å². The van der Waals surface area contributed by atoms with Crippen LogP contribution >= 0.6 is 0 Å². The number of methoxy groups -OCH3 is 2. The van der Waals surface area contributed by atoms with E-state index in [2.05, 4.69) is 46.8 Å². The maximum absolute atomic E-state index is 5.36. The topological polar surface area (TPSA) is 54.9 Å². The van der Waals surface area contributed by atoms with Crippen LogP contribution in [-0.4, -0.2) is 33.3 Å². The summed E-state index contributed by atoms with van der Waals surface area (Å²) in [4.78, 5) is 4.35. The second-order valence-corrected chi connectivity index (χ2v) is 6.56. The van der Waals surface area contributed by atoms with Crippen LogP contribution in [0.5, 0.6) is 11.5 Å². The Balaban J connectivity index is 1.56. The summed E-state index contributed by atoms with van der Waals surface area (Å²) in [7, 11) is 5.09. The minimum Gasteiger partial charge on any atom is -0.493 e. The molecule has 0 amide bonds. The summed E-state index contributed by atoms with van der Waals surface area (Å²) in [5.74, 6) is 2.85. The highest BCUT2D eigenvalue weighted by atomic mass is 16.5. The summed E-state index contributed by atoms with van der Waals surface area (Å²) < 4.78 is 10.6. The average Bonchev–Trinajstić information content (AvgIpc) is 3.44. The van der Waals surface area contributed by atoms with Crippen molar-refractivity contribution >= 4 is 5.96 Å². The zero-order valence-electron chi connectivity index (χ0n) is 15.9. The van der Waals surface area contributed by atoms with E-state index in [1.807, 2.05) is 18.2 Å². The van der Waals surface area contributed by atoms with Gasteiger partial charge < -0.3 is 20.1 Å². The third-order valence-corrected chi connectivity index (χ3v) is 4.83. The van der Waals surface area contributed by atoms with E-state index in [4.69, 9.17) is 9.47 Å². The molecule has 2 N–H and O–H groups in total. The van der Waals surface area contributed by atoms with Gasteiger partial charge in [-0.1, -0.05) is 30.3 Å². The smallest absolute Gasteiger partial charge is 0.191 e. The SMILES string of the molecule is CN=C(NCc1ccc(OC)c(OC)c1)NC1CC1c1ccccc1C. The summed E-state index contributed by atoms with van der Waals surface area (Å²) >= 11 is 0. The van der Waals surface area contributed by atoms with Gasteiger partial charge >= 0.3 is 0 Å². The molecule has 3 rings (SSSR count). The predicted octanol–water partition coefficient (Wildman–Crippen LogP) is 3.23. The normalized spacial score (nSPS) is 19.0. The highest BCUT2D eigenvalue weighted by molar-refractivity contribution is 5.80. The summed E-state index contributed by atoms with van der Waals surface area (Å²) in [6.07, 6.45) is 1.14. The van der Waals surface area contributed by atoms with E-state index in [9.17, 15) is 0 Å². The molecule has 0 heterocycles. The molecule has 5 nitrogen and oxygen atoms in total. The standard InChI is InChI=1S/C21H27N3O2/c1-14-7-5-6-8-16(14)17-12-18(17)24-21(22-2)23-13-15-9-10-19(25-3)20(11-15)26-4/h5-11,17-18H,12-13H2,1-4H3,(H2,22,23,24). The molecular formula is C21H27N3O2. The van der Waals surface area contributed by atoms with Crippen LogP contribution in [0.2, 0.25) is 0 Å². The monoisotopic (exact) mass is 353 g/mol. The van der Waals surface area contributed by atoms with Gasteiger partial charge in [0.2, 0.25) is 0 Å². The Morgan fingerprint density at radius 3 is 2.58 bits per heavy atom. The third kappa shape index (κ3) is 4.10. The first-order chi connectivity index (χ1) is 12.7. The Morgan fingerprint density at radius 1 is 1.12 bits per heavy atom. The molecular weight excluding hydrogens is 326 g/mol. The van der Waals surface area contributed by atoms with Crippen molar-refractivity contribution in [3.05, 3.63) is 59.2 Å². The van der Waals surface area contributed by atoms with Crippen LogP contribution in [0, 0.1) is 6.92 Å². The van der Waals surface area contributed by atoms with Crippen molar-refractivity contribution in [2.75, 3.05) is 21.3 Å². The van der Waals surface area contributed by atoms with Gasteiger partial charge in [-0.15, -0.1) is 0 Å². The van der Waals surface area contributed by atoms with Crippen molar-refractivity contribution in [1.29, 1.82) is 0 Å². The Labute approximate surface area is 155 Å². The van der Waals surface area contributed by atoms with Crippen molar-refractivity contribution in [3.63, 3.8) is 0 Å². The minimum atomic E-state index is 0.438. The Kier molecular flexibility index (Phi) is 5.66. The second kappa shape index (κ2) is 8.13. The molecule has 26 heavy (non-hydrogen) atoms. The maximum Gasteiger partial charge on any atom is 0.191 e. The average molecular weight is 353 g/mol. The van der Waals surface area contributed by atoms with E-state index in [1.54, 1.807) is 21.3 Å². The minimum absolute atomic E-state index is 0.438. The highest BCUT2D eigenvalue weighted by Crippen LogP contribution is 2.42. The number of aliphatic imine (C=N–C) groups is 1. The number of aryl methyl sites for hydroxylation is 1. The fraction of sp³-hybridized carbons (Fsp3) is 0.381. The quantitative estimate of drug-likeness (QED) is 0.618. The molecule has 0 spiro atoms. The molecule has 0 aliphatic heterocycles. The fourth-order valence-electron chi connectivity index (χ4n) is 3.25. The highest BCUT2D eigenvalue weighted by Gasteiger charge is 2.39. The number of nitrogens with one attached hydrogen (secondary N) is 2. The van der Waals surface area contributed by atoms with Crippen LogP contribution in [0.3, 0.4) is 0 Å². The first-order valence-electron chi connectivity index (χ1n) is 8.90. The number of hydrogen-bond acceptors (Lipinski definition) is 3. The summed E-state index contributed by atoms with van der Waals surface area (Å²) in [6.45, 7) is 2.84. The molecule has 0 saturated heterocycles. The molecule has 1 aliphatic rings. The zero-order valence-corrected chi connectivity index (χ0v) is 15.9. The van der Waals surface area contributed by atoms with Crippen LogP contribution in [0.4, 0.5) is 0 Å². The van der Waals surface area contributed by atoms with E-state index in [0.717, 1.165) is 29.4 Å². The van der Waals surface area contributed by atoms with Crippen molar-refractivity contribution in [1.82, 2.24) is 10.6 Å². The molecule has 1 saturated carbocycles. The molecule has 1 fully saturated rings. The lowest BCUT2D eigenvalue weighted by atomic mass is 10.0. The maximum atomic E-state index is 5.36. The number of rotatable bonds is 6. The number of ether oxygens (including phenoxy) is 2. The van der Waals surface area contributed by atoms with Gasteiger partial charge in [-0.05, 0) is 42.2 Å². The van der Waals surface area contributed by atoms with Crippen LogP contribution < -0.4 is 20.1 Å². The summed E-state index contributed by atoms with van der Waals surface area (Å²) in [6, 6.07) is 15.0. The second-order valence-electron chi connectivity index (χ2n) is 6.56. The number of guanidine groups is 1. The number of benzene rings is 2. The van der Waals surface area contributed by atoms with E-state index in [0.29, 0.717) is 18.5 Å². The van der Waals surface area contributed by atoms with E-state index in [-0.39, 0.29) is 0 Å². The van der Waals surface area contributed by atoms with Crippen LogP contribution in [-0.2, 0) is 6.54 Å². The zero-order chi connectivity index (χ0) is 18.5. The summed E-state index contributed by atoms with van der Waals surface area (Å²) in [5.41, 5.74) is 3.90. The molecule has 2 unspecified atom stereocenters. The van der Waals surface area contributed by atoms with Gasteiger partial charge in [0.1, 0.15) is 0 Å². The van der Waals surface area contributed by atoms with Crippen LogP contribution in [0.15, 0.2) is 47.5 Å². The molecule has 2 atom stereocenters. The molecule has 138 valence electrons. The Morgan fingerprint density at radius 2 is 1.88 bits per heavy atom. The summed E-state index contributed by atoms with van der Waals surface area (Å²) in [5, 5.41) is 6.90. The van der Waals surface area contributed by atoms with E-state index in [1.165, 1.54) is 11.1 Å². The predicted molar refractivity (Wildman–Crippen MR) is 105 cm³/mol. The van der Waals surface area contributed by atoms with Crippen LogP contribution in [0.25, 0.3) is 0 Å². The number of nitrogens with zero attached hydrogens (tertiary/aromatic N) is 1. The van der Waals surface area contributed by atoms with Gasteiger partial charge in [-0.2, -0.15) is 0 Å². The molecule has 5 heteroatoms. The molecule has 0 radical (unpaired) electrons. The van der Waals surface area contributed by atoms with Crippen LogP contribution in [0.1, 0.15) is 29.0 Å². The first kappa shape index (κ1) is 18.1. The molecule has 2 aromatic rings. The molecule has 0 bridgehead atoms. The first-order valence-corrected chi connectivity index (χ1v) is 8.90. The van der Waals surface area contributed by atoms with E-state index >= 15 is 0 Å². The Bertz CT molecular complexity index is 789.